The van der Waals surface area contributed by atoms with Crippen LogP contribution >= 0.6 is 15.9 Å². The van der Waals surface area contributed by atoms with E-state index in [2.05, 4.69) is 31.2 Å². The molecule has 0 bridgehead atoms. The number of hydrogen-bond donors (Lipinski definition) is 1. The number of halogens is 1. The van der Waals surface area contributed by atoms with E-state index in [4.69, 9.17) is 0 Å². The monoisotopic (exact) mass is 253 g/mol. The van der Waals surface area contributed by atoms with Crippen LogP contribution in [0, 0.1) is 11.8 Å². The van der Waals surface area contributed by atoms with Gasteiger partial charge in [-0.3, -0.25) is 0 Å². The molecule has 1 unspecified atom stereocenters. The predicted molar refractivity (Wildman–Crippen MR) is 58.0 cm³/mol. The summed E-state index contributed by atoms with van der Waals surface area (Å²) in [6.07, 6.45) is 7.76. The molecule has 0 radical (unpaired) electrons. The van der Waals surface area contributed by atoms with Crippen molar-refractivity contribution < 1.29 is 0 Å². The van der Waals surface area contributed by atoms with Gasteiger partial charge in [0.25, 0.3) is 0 Å². The van der Waals surface area contributed by atoms with Crippen LogP contribution in [0.15, 0.2) is 16.9 Å². The lowest BCUT2D eigenvalue weighted by Gasteiger charge is -2.05. The van der Waals surface area contributed by atoms with Gasteiger partial charge in [0.1, 0.15) is 0 Å². The van der Waals surface area contributed by atoms with E-state index in [-0.39, 0.29) is 0 Å². The van der Waals surface area contributed by atoms with Gasteiger partial charge in [-0.2, -0.15) is 0 Å². The molecule has 14 heavy (non-hydrogen) atoms. The molecule has 3 rings (SSSR count). The molecule has 74 valence electrons. The fourth-order valence-electron chi connectivity index (χ4n) is 2.57. The van der Waals surface area contributed by atoms with Crippen molar-refractivity contribution in [3.05, 3.63) is 16.9 Å². The van der Waals surface area contributed by atoms with Gasteiger partial charge in [0, 0.05) is 18.4 Å². The molecule has 0 amide bonds. The summed E-state index contributed by atoms with van der Waals surface area (Å²) in [6, 6.07) is 0.657. The van der Waals surface area contributed by atoms with E-state index >= 15 is 0 Å². The Labute approximate surface area is 91.5 Å². The summed E-state index contributed by atoms with van der Waals surface area (Å²) in [5.41, 5.74) is 0. The number of nitrogens with zero attached hydrogens (tertiary/aromatic N) is 2. The van der Waals surface area contributed by atoms with E-state index in [1.54, 1.807) is 12.4 Å². The van der Waals surface area contributed by atoms with Gasteiger partial charge < -0.3 is 5.32 Å². The van der Waals surface area contributed by atoms with E-state index in [9.17, 15) is 0 Å². The Kier molecular flexibility index (Phi) is 1.97. The number of fused-ring (bicyclic) bond motifs is 1. The standard InChI is InChI=1S/C10H12BrN3/c11-6-4-12-10(13-5-6)14-9-7-2-1-3-8(7)9/h4-5,7-9H,1-3H2,(H,12,13,14)/t7-,8+,9?. The Morgan fingerprint density at radius 1 is 1.21 bits per heavy atom. The zero-order chi connectivity index (χ0) is 9.54. The molecule has 0 spiro atoms. The van der Waals surface area contributed by atoms with Crippen molar-refractivity contribution in [2.24, 2.45) is 11.8 Å². The highest BCUT2D eigenvalue weighted by atomic mass is 79.9. The first-order chi connectivity index (χ1) is 6.84. The van der Waals surface area contributed by atoms with Crippen molar-refractivity contribution in [3.8, 4) is 0 Å². The van der Waals surface area contributed by atoms with Crippen LogP contribution in [-0.2, 0) is 0 Å². The van der Waals surface area contributed by atoms with Crippen molar-refractivity contribution in [2.75, 3.05) is 5.32 Å². The molecule has 3 nitrogen and oxygen atoms in total. The molecule has 1 heterocycles. The molecule has 0 aliphatic heterocycles. The fraction of sp³-hybridized carbons (Fsp3) is 0.600. The SMILES string of the molecule is Brc1cnc(NC2[C@H]3CCC[C@@H]23)nc1. The number of anilines is 1. The topological polar surface area (TPSA) is 37.8 Å². The maximum atomic E-state index is 4.22. The van der Waals surface area contributed by atoms with E-state index in [0.29, 0.717) is 6.04 Å². The van der Waals surface area contributed by atoms with Crippen molar-refractivity contribution in [1.82, 2.24) is 9.97 Å². The Balaban J connectivity index is 1.65. The van der Waals surface area contributed by atoms with Crippen LogP contribution < -0.4 is 5.32 Å². The molecule has 1 aromatic heterocycles. The summed E-state index contributed by atoms with van der Waals surface area (Å²) < 4.78 is 0.930. The van der Waals surface area contributed by atoms with E-state index in [0.717, 1.165) is 22.3 Å². The molecule has 2 saturated carbocycles. The summed E-state index contributed by atoms with van der Waals surface area (Å²) in [4.78, 5) is 8.43. The highest BCUT2D eigenvalue weighted by Crippen LogP contribution is 2.52. The van der Waals surface area contributed by atoms with Crippen LogP contribution in [0.25, 0.3) is 0 Å². The highest BCUT2D eigenvalue weighted by molar-refractivity contribution is 9.10. The number of rotatable bonds is 2. The van der Waals surface area contributed by atoms with Gasteiger partial charge in [0.2, 0.25) is 5.95 Å². The molecule has 0 saturated heterocycles. The Hall–Kier alpha value is -0.640. The molecule has 1 N–H and O–H groups in total. The second-order valence-electron chi connectivity index (χ2n) is 4.15. The Bertz CT molecular complexity index is 328. The van der Waals surface area contributed by atoms with E-state index < -0.39 is 0 Å². The molecule has 4 heteroatoms. The zero-order valence-electron chi connectivity index (χ0n) is 7.78. The molecule has 2 aliphatic rings. The van der Waals surface area contributed by atoms with Gasteiger partial charge in [0.15, 0.2) is 0 Å². The minimum atomic E-state index is 0.657. The normalized spacial score (nSPS) is 33.9. The Morgan fingerprint density at radius 2 is 1.86 bits per heavy atom. The molecule has 2 aliphatic carbocycles. The van der Waals surface area contributed by atoms with E-state index in [1.165, 1.54) is 19.3 Å². The van der Waals surface area contributed by atoms with E-state index in [1.807, 2.05) is 0 Å². The zero-order valence-corrected chi connectivity index (χ0v) is 9.37. The maximum absolute atomic E-state index is 4.22. The van der Waals surface area contributed by atoms with Crippen molar-refractivity contribution in [3.63, 3.8) is 0 Å². The van der Waals surface area contributed by atoms with Gasteiger partial charge in [-0.1, -0.05) is 6.42 Å². The molecular formula is C10H12BrN3. The summed E-state index contributed by atoms with van der Waals surface area (Å²) >= 11 is 3.32. The first kappa shape index (κ1) is 8.65. The van der Waals surface area contributed by atoms with Crippen LogP contribution in [-0.4, -0.2) is 16.0 Å². The Morgan fingerprint density at radius 3 is 2.50 bits per heavy atom. The number of hydrogen-bond acceptors (Lipinski definition) is 3. The smallest absolute Gasteiger partial charge is 0.222 e. The van der Waals surface area contributed by atoms with Gasteiger partial charge in [-0.15, -0.1) is 0 Å². The third-order valence-corrected chi connectivity index (χ3v) is 3.73. The third kappa shape index (κ3) is 1.41. The molecule has 2 fully saturated rings. The highest BCUT2D eigenvalue weighted by Gasteiger charge is 2.52. The largest absolute Gasteiger partial charge is 0.351 e. The lowest BCUT2D eigenvalue weighted by Crippen LogP contribution is -2.10. The van der Waals surface area contributed by atoms with Crippen LogP contribution in [0.3, 0.4) is 0 Å². The first-order valence-electron chi connectivity index (χ1n) is 5.09. The lowest BCUT2D eigenvalue weighted by molar-refractivity contribution is 0.692. The summed E-state index contributed by atoms with van der Waals surface area (Å²) in [5.74, 6) is 2.58. The quantitative estimate of drug-likeness (QED) is 0.880. The van der Waals surface area contributed by atoms with Crippen LogP contribution in [0.1, 0.15) is 19.3 Å². The molecule has 0 aromatic carbocycles. The second-order valence-corrected chi connectivity index (χ2v) is 5.07. The fourth-order valence-corrected chi connectivity index (χ4v) is 2.78. The lowest BCUT2D eigenvalue weighted by atomic mass is 10.2. The van der Waals surface area contributed by atoms with Crippen LogP contribution in [0.5, 0.6) is 0 Å². The summed E-state index contributed by atoms with van der Waals surface area (Å²) in [5, 5.41) is 3.40. The van der Waals surface area contributed by atoms with Gasteiger partial charge in [0.05, 0.1) is 4.47 Å². The van der Waals surface area contributed by atoms with Gasteiger partial charge >= 0.3 is 0 Å². The molecular weight excluding hydrogens is 242 g/mol. The second kappa shape index (κ2) is 3.19. The number of aromatic nitrogens is 2. The van der Waals surface area contributed by atoms with Gasteiger partial charge in [-0.25, -0.2) is 9.97 Å². The van der Waals surface area contributed by atoms with Crippen molar-refractivity contribution >= 4 is 21.9 Å². The number of nitrogens with one attached hydrogen (secondary N) is 1. The minimum absolute atomic E-state index is 0.657. The van der Waals surface area contributed by atoms with Crippen LogP contribution in [0.2, 0.25) is 0 Å². The first-order valence-corrected chi connectivity index (χ1v) is 5.88. The maximum Gasteiger partial charge on any atom is 0.222 e. The van der Waals surface area contributed by atoms with Crippen molar-refractivity contribution in [2.45, 2.75) is 25.3 Å². The molecule has 3 atom stereocenters. The average molecular weight is 254 g/mol. The average Bonchev–Trinajstić information content (AvgIpc) is 2.63. The van der Waals surface area contributed by atoms with Gasteiger partial charge in [-0.05, 0) is 40.6 Å². The van der Waals surface area contributed by atoms with Crippen molar-refractivity contribution in [1.29, 1.82) is 0 Å². The third-order valence-electron chi connectivity index (χ3n) is 3.32. The minimum Gasteiger partial charge on any atom is -0.351 e. The summed E-state index contributed by atoms with van der Waals surface area (Å²) in [6.45, 7) is 0. The summed E-state index contributed by atoms with van der Waals surface area (Å²) in [7, 11) is 0. The molecule has 1 aromatic rings. The van der Waals surface area contributed by atoms with Crippen LogP contribution in [0.4, 0.5) is 5.95 Å². The predicted octanol–water partition coefficient (Wildman–Crippen LogP) is 2.45.